The lowest BCUT2D eigenvalue weighted by Crippen LogP contribution is -2.43. The van der Waals surface area contributed by atoms with E-state index in [1.54, 1.807) is 0 Å². The fourth-order valence-electron chi connectivity index (χ4n) is 5.71. The summed E-state index contributed by atoms with van der Waals surface area (Å²) in [5.74, 6) is -0.0969. The van der Waals surface area contributed by atoms with Gasteiger partial charge in [-0.3, -0.25) is 14.2 Å². The number of rotatable bonds is 6. The third kappa shape index (κ3) is 4.56. The smallest absolute Gasteiger partial charge is 0.258 e. The normalized spacial score (nSPS) is 16.9. The van der Waals surface area contributed by atoms with Gasteiger partial charge in [0.15, 0.2) is 5.16 Å². The van der Waals surface area contributed by atoms with Gasteiger partial charge >= 0.3 is 0 Å². The number of hydrogen-bond acceptors (Lipinski definition) is 4. The number of carbonyl (C=O) groups excluding carboxylic acids is 1. The van der Waals surface area contributed by atoms with Gasteiger partial charge in [0, 0.05) is 23.2 Å². The number of para-hydroxylation sites is 1. The Bertz CT molecular complexity index is 1280. The molecule has 0 aliphatic heterocycles. The Morgan fingerprint density at radius 3 is 2.54 bits per heavy atom. The molecule has 0 radical (unpaired) electrons. The first-order valence-corrected chi connectivity index (χ1v) is 13.7. The molecule has 2 aliphatic carbocycles. The molecule has 5 nitrogen and oxygen atoms in total. The van der Waals surface area contributed by atoms with Gasteiger partial charge in [0.25, 0.3) is 5.56 Å². The minimum atomic E-state index is -0.397. The highest BCUT2D eigenvalue weighted by atomic mass is 32.2. The van der Waals surface area contributed by atoms with Crippen molar-refractivity contribution in [2.75, 3.05) is 5.32 Å². The molecule has 5 rings (SSSR count). The lowest BCUT2D eigenvalue weighted by molar-refractivity contribution is -0.115. The van der Waals surface area contributed by atoms with Crippen molar-refractivity contribution >= 4 is 23.4 Å². The summed E-state index contributed by atoms with van der Waals surface area (Å²) in [6.45, 7) is 4.56. The number of amides is 1. The van der Waals surface area contributed by atoms with Gasteiger partial charge in [-0.05, 0) is 50.3 Å². The molecule has 6 heteroatoms. The minimum absolute atomic E-state index is 0.0893. The van der Waals surface area contributed by atoms with Crippen molar-refractivity contribution in [3.8, 4) is 11.3 Å². The second-order valence-corrected chi connectivity index (χ2v) is 11.2. The maximum Gasteiger partial charge on any atom is 0.258 e. The quantitative estimate of drug-likeness (QED) is 0.332. The fourth-order valence-corrected chi connectivity index (χ4v) is 6.64. The molecule has 182 valence electrons. The molecule has 1 saturated carbocycles. The van der Waals surface area contributed by atoms with Crippen LogP contribution in [0.3, 0.4) is 0 Å². The molecule has 1 heterocycles. The number of hydrogen-bond donors (Lipinski definition) is 1. The van der Waals surface area contributed by atoms with Gasteiger partial charge in [-0.15, -0.1) is 0 Å². The highest BCUT2D eigenvalue weighted by Gasteiger charge is 2.43. The largest absolute Gasteiger partial charge is 0.325 e. The zero-order valence-electron chi connectivity index (χ0n) is 20.5. The summed E-state index contributed by atoms with van der Waals surface area (Å²) in [7, 11) is 0. The zero-order valence-corrected chi connectivity index (χ0v) is 21.4. The lowest BCUT2D eigenvalue weighted by Gasteiger charge is -2.42. The van der Waals surface area contributed by atoms with Gasteiger partial charge in [0.1, 0.15) is 0 Å². The third-order valence-electron chi connectivity index (χ3n) is 7.42. The highest BCUT2D eigenvalue weighted by molar-refractivity contribution is 8.00. The molecule has 3 aromatic rings. The van der Waals surface area contributed by atoms with Crippen molar-refractivity contribution in [1.29, 1.82) is 0 Å². The van der Waals surface area contributed by atoms with Crippen LogP contribution in [0.2, 0.25) is 0 Å². The summed E-state index contributed by atoms with van der Waals surface area (Å²) in [6.07, 6.45) is 7.38. The molecular weight excluding hydrogens is 454 g/mol. The van der Waals surface area contributed by atoms with E-state index < -0.39 is 5.25 Å². The standard InChI is InChI=1S/C29H33N3O2S/c1-3-18-32-27(34)24-25(23-15-9-8-12-21(23)19-29(24)16-10-5-11-17-29)31-28(32)35-20(2)26(33)30-22-13-6-4-7-14-22/h4,6-9,12-15,20H,3,5,10-11,16-19H2,1-2H3,(H,30,33)/t20-/m0/s1. The summed E-state index contributed by atoms with van der Waals surface area (Å²) in [4.78, 5) is 32.3. The first kappa shape index (κ1) is 23.9. The van der Waals surface area contributed by atoms with Gasteiger partial charge in [-0.2, -0.15) is 0 Å². The van der Waals surface area contributed by atoms with Gasteiger partial charge in [0.05, 0.1) is 16.5 Å². The van der Waals surface area contributed by atoms with E-state index in [9.17, 15) is 9.59 Å². The first-order chi connectivity index (χ1) is 17.0. The monoisotopic (exact) mass is 487 g/mol. The van der Waals surface area contributed by atoms with Crippen molar-refractivity contribution in [2.24, 2.45) is 0 Å². The van der Waals surface area contributed by atoms with Crippen molar-refractivity contribution in [2.45, 2.75) is 81.2 Å². The van der Waals surface area contributed by atoms with E-state index in [0.29, 0.717) is 11.7 Å². The Labute approximate surface area is 211 Å². The summed E-state index contributed by atoms with van der Waals surface area (Å²) < 4.78 is 1.83. The summed E-state index contributed by atoms with van der Waals surface area (Å²) in [5, 5.41) is 3.21. The first-order valence-electron chi connectivity index (χ1n) is 12.8. The van der Waals surface area contributed by atoms with Crippen LogP contribution in [-0.2, 0) is 23.2 Å². The fraction of sp³-hybridized carbons (Fsp3) is 0.414. The number of carbonyl (C=O) groups is 1. The van der Waals surface area contributed by atoms with Crippen molar-refractivity contribution < 1.29 is 4.79 Å². The highest BCUT2D eigenvalue weighted by Crippen LogP contribution is 2.48. The van der Waals surface area contributed by atoms with Crippen LogP contribution in [0.1, 0.15) is 63.5 Å². The number of benzene rings is 2. The van der Waals surface area contributed by atoms with Gasteiger partial charge < -0.3 is 5.32 Å². The zero-order chi connectivity index (χ0) is 24.4. The maximum absolute atomic E-state index is 14.2. The topological polar surface area (TPSA) is 64.0 Å². The minimum Gasteiger partial charge on any atom is -0.325 e. The van der Waals surface area contributed by atoms with E-state index in [0.717, 1.165) is 61.0 Å². The SMILES string of the molecule is CCCn1c(S[C@@H](C)C(=O)Nc2ccccc2)nc2c(c1=O)C1(CCCCC1)Cc1ccccc1-2. The summed E-state index contributed by atoms with van der Waals surface area (Å²) in [5.41, 5.74) is 4.84. The van der Waals surface area contributed by atoms with E-state index in [2.05, 4.69) is 30.4 Å². The van der Waals surface area contributed by atoms with Crippen LogP contribution in [-0.4, -0.2) is 20.7 Å². The van der Waals surface area contributed by atoms with Crippen LogP contribution in [0.15, 0.2) is 64.5 Å². The number of aromatic nitrogens is 2. The molecule has 0 saturated heterocycles. The van der Waals surface area contributed by atoms with Gasteiger partial charge in [-0.1, -0.05) is 80.4 Å². The van der Waals surface area contributed by atoms with Crippen LogP contribution >= 0.6 is 11.8 Å². The van der Waals surface area contributed by atoms with E-state index in [1.165, 1.54) is 23.7 Å². The molecule has 0 unspecified atom stereocenters. The Hall–Kier alpha value is -2.86. The second kappa shape index (κ2) is 10.0. The van der Waals surface area contributed by atoms with E-state index in [4.69, 9.17) is 4.98 Å². The van der Waals surface area contributed by atoms with E-state index in [-0.39, 0.29) is 16.9 Å². The maximum atomic E-state index is 14.2. The predicted molar refractivity (Wildman–Crippen MR) is 143 cm³/mol. The third-order valence-corrected chi connectivity index (χ3v) is 8.51. The molecule has 1 aromatic heterocycles. The Morgan fingerprint density at radius 2 is 1.80 bits per heavy atom. The van der Waals surface area contributed by atoms with Crippen molar-refractivity contribution in [3.63, 3.8) is 0 Å². The molecular formula is C29H33N3O2S. The molecule has 1 N–H and O–H groups in total. The van der Waals surface area contributed by atoms with Crippen molar-refractivity contribution in [3.05, 3.63) is 76.1 Å². The van der Waals surface area contributed by atoms with Crippen molar-refractivity contribution in [1.82, 2.24) is 9.55 Å². The van der Waals surface area contributed by atoms with Gasteiger partial charge in [-0.25, -0.2) is 4.98 Å². The lowest BCUT2D eigenvalue weighted by atomic mass is 9.62. The molecule has 1 fully saturated rings. The van der Waals surface area contributed by atoms with Crippen LogP contribution in [0, 0.1) is 0 Å². The second-order valence-electron chi connectivity index (χ2n) is 9.87. The molecule has 1 amide bonds. The number of thioether (sulfide) groups is 1. The van der Waals surface area contributed by atoms with Crippen LogP contribution in [0.25, 0.3) is 11.3 Å². The van der Waals surface area contributed by atoms with Crippen LogP contribution < -0.4 is 10.9 Å². The molecule has 1 spiro atoms. The van der Waals surface area contributed by atoms with E-state index >= 15 is 0 Å². The average Bonchev–Trinajstić information content (AvgIpc) is 2.87. The number of nitrogens with one attached hydrogen (secondary N) is 1. The average molecular weight is 488 g/mol. The molecule has 1 atom stereocenters. The molecule has 2 aromatic carbocycles. The molecule has 0 bridgehead atoms. The number of fused-ring (bicyclic) bond motifs is 4. The number of nitrogens with zero attached hydrogens (tertiary/aromatic N) is 2. The number of anilines is 1. The van der Waals surface area contributed by atoms with E-state index in [1.807, 2.05) is 47.9 Å². The van der Waals surface area contributed by atoms with Crippen LogP contribution in [0.4, 0.5) is 5.69 Å². The predicted octanol–water partition coefficient (Wildman–Crippen LogP) is 6.20. The van der Waals surface area contributed by atoms with Crippen LogP contribution in [0.5, 0.6) is 0 Å². The summed E-state index contributed by atoms with van der Waals surface area (Å²) >= 11 is 1.37. The Morgan fingerprint density at radius 1 is 1.09 bits per heavy atom. The van der Waals surface area contributed by atoms with Gasteiger partial charge in [0.2, 0.25) is 5.91 Å². The Balaban J connectivity index is 1.57. The molecule has 35 heavy (non-hydrogen) atoms. The Kier molecular flexibility index (Phi) is 6.83. The summed E-state index contributed by atoms with van der Waals surface area (Å²) in [6, 6.07) is 17.9. The molecule has 2 aliphatic rings.